The summed E-state index contributed by atoms with van der Waals surface area (Å²) in [5, 5.41) is 3.10. The number of hydrogen-bond donors (Lipinski definition) is 1. The fraction of sp³-hybridized carbons (Fsp3) is 0.419. The number of hydrogen-bond acceptors (Lipinski definition) is 6. The van der Waals surface area contributed by atoms with Crippen LogP contribution in [0.25, 0.3) is 0 Å². The number of pyridine rings is 1. The molecule has 1 saturated heterocycles. The molecule has 40 heavy (non-hydrogen) atoms. The molecule has 5 heterocycles. The molecule has 0 radical (unpaired) electrons. The molecule has 2 aromatic rings. The van der Waals surface area contributed by atoms with Crippen LogP contribution in [0.4, 0.5) is 10.5 Å². The van der Waals surface area contributed by atoms with Crippen LogP contribution >= 0.6 is 0 Å². The number of anilines is 1. The van der Waals surface area contributed by atoms with Gasteiger partial charge in [-0.25, -0.2) is 4.79 Å². The number of nitrogens with zero attached hydrogens (tertiary/aromatic N) is 5. The molecule has 4 aliphatic rings. The van der Waals surface area contributed by atoms with Crippen molar-refractivity contribution in [2.45, 2.75) is 51.1 Å². The van der Waals surface area contributed by atoms with Crippen molar-refractivity contribution in [3.63, 3.8) is 0 Å². The maximum absolute atomic E-state index is 13.5. The van der Waals surface area contributed by atoms with E-state index in [2.05, 4.69) is 26.3 Å². The van der Waals surface area contributed by atoms with Crippen LogP contribution in [-0.2, 0) is 24.2 Å². The Bertz CT molecular complexity index is 1370. The molecular weight excluding hydrogens is 504 g/mol. The van der Waals surface area contributed by atoms with Crippen LogP contribution in [0, 0.1) is 0 Å². The van der Waals surface area contributed by atoms with Crippen LogP contribution in [-0.4, -0.2) is 77.2 Å². The van der Waals surface area contributed by atoms with Crippen molar-refractivity contribution in [1.29, 1.82) is 0 Å². The first-order valence-electron chi connectivity index (χ1n) is 14.2. The van der Waals surface area contributed by atoms with Gasteiger partial charge in [0.1, 0.15) is 11.4 Å². The Morgan fingerprint density at radius 3 is 2.77 bits per heavy atom. The number of rotatable bonds is 4. The van der Waals surface area contributed by atoms with Crippen LogP contribution in [0.5, 0.6) is 5.75 Å². The minimum absolute atomic E-state index is 0.0343. The highest BCUT2D eigenvalue weighted by atomic mass is 16.5. The summed E-state index contributed by atoms with van der Waals surface area (Å²) >= 11 is 0. The van der Waals surface area contributed by atoms with Gasteiger partial charge in [0.05, 0.1) is 7.11 Å². The number of methoxy groups -OCH3 is 1. The molecule has 9 nitrogen and oxygen atoms in total. The second-order valence-corrected chi connectivity index (χ2v) is 10.7. The SMILES string of the molecule is COc1ccc2c(c1)CCN(C1CCN(C3=C/CCC=N/C(C(=O)N4CCc5ncccc5C4)=C\3)CC1)C(=O)N2. The van der Waals surface area contributed by atoms with E-state index in [9.17, 15) is 9.59 Å². The summed E-state index contributed by atoms with van der Waals surface area (Å²) in [4.78, 5) is 41.9. The third-order valence-corrected chi connectivity index (χ3v) is 8.34. The van der Waals surface area contributed by atoms with Gasteiger partial charge in [-0.1, -0.05) is 12.1 Å². The summed E-state index contributed by atoms with van der Waals surface area (Å²) in [5.74, 6) is 0.769. The topological polar surface area (TPSA) is 90.4 Å². The molecule has 0 bridgehead atoms. The lowest BCUT2D eigenvalue weighted by Crippen LogP contribution is -2.48. The van der Waals surface area contributed by atoms with Crippen molar-refractivity contribution in [3.05, 3.63) is 76.9 Å². The summed E-state index contributed by atoms with van der Waals surface area (Å²) < 4.78 is 5.37. The lowest BCUT2D eigenvalue weighted by Gasteiger charge is -2.39. The number of carbonyl (C=O) groups excluding carboxylic acids is 2. The minimum atomic E-state index is -0.0362. The number of urea groups is 1. The summed E-state index contributed by atoms with van der Waals surface area (Å²) in [6.07, 6.45) is 12.8. The third-order valence-electron chi connectivity index (χ3n) is 8.34. The van der Waals surface area contributed by atoms with E-state index in [0.717, 1.165) is 85.6 Å². The van der Waals surface area contributed by atoms with Gasteiger partial charge in [-0.3, -0.25) is 14.8 Å². The smallest absolute Gasteiger partial charge is 0.322 e. The van der Waals surface area contributed by atoms with Gasteiger partial charge in [-0.15, -0.1) is 0 Å². The molecule has 0 saturated carbocycles. The molecule has 3 amide bonds. The van der Waals surface area contributed by atoms with E-state index in [1.165, 1.54) is 0 Å². The molecule has 1 fully saturated rings. The van der Waals surface area contributed by atoms with Gasteiger partial charge < -0.3 is 24.8 Å². The number of likely N-dealkylation sites (tertiary alicyclic amines) is 1. The zero-order chi connectivity index (χ0) is 27.5. The van der Waals surface area contributed by atoms with E-state index in [4.69, 9.17) is 4.74 Å². The number of aliphatic imine (C=N–C) groups is 1. The van der Waals surface area contributed by atoms with E-state index in [1.54, 1.807) is 7.11 Å². The van der Waals surface area contributed by atoms with E-state index >= 15 is 0 Å². The van der Waals surface area contributed by atoms with Crippen LogP contribution in [0.1, 0.15) is 42.5 Å². The Balaban J connectivity index is 1.11. The Labute approximate surface area is 235 Å². The number of carbonyl (C=O) groups is 2. The molecule has 208 valence electrons. The first kappa shape index (κ1) is 26.1. The number of allylic oxidation sites excluding steroid dienone is 2. The van der Waals surface area contributed by atoms with Crippen molar-refractivity contribution < 1.29 is 14.3 Å². The highest BCUT2D eigenvalue weighted by Gasteiger charge is 2.31. The zero-order valence-electron chi connectivity index (χ0n) is 23.0. The number of piperidine rings is 1. The molecule has 1 aromatic heterocycles. The maximum Gasteiger partial charge on any atom is 0.322 e. The first-order chi connectivity index (χ1) is 19.6. The molecule has 1 aromatic carbocycles. The highest BCUT2D eigenvalue weighted by molar-refractivity contribution is 5.95. The van der Waals surface area contributed by atoms with Gasteiger partial charge in [0.25, 0.3) is 5.91 Å². The van der Waals surface area contributed by atoms with Gasteiger partial charge in [-0.05, 0) is 73.6 Å². The molecule has 4 aliphatic heterocycles. The molecular formula is C31H36N6O3. The predicted molar refractivity (Wildman–Crippen MR) is 154 cm³/mol. The number of aromatic nitrogens is 1. The number of fused-ring (bicyclic) bond motifs is 2. The second kappa shape index (κ2) is 11.5. The van der Waals surface area contributed by atoms with E-state index < -0.39 is 0 Å². The van der Waals surface area contributed by atoms with Gasteiger partial charge >= 0.3 is 6.03 Å². The largest absolute Gasteiger partial charge is 0.497 e. The highest BCUT2D eigenvalue weighted by Crippen LogP contribution is 2.29. The molecule has 0 atom stereocenters. The zero-order valence-corrected chi connectivity index (χ0v) is 23.0. The van der Waals surface area contributed by atoms with E-state index in [1.807, 2.05) is 58.6 Å². The second-order valence-electron chi connectivity index (χ2n) is 10.7. The normalized spacial score (nSPS) is 22.4. The van der Waals surface area contributed by atoms with Gasteiger partial charge in [0, 0.05) is 74.7 Å². The minimum Gasteiger partial charge on any atom is -0.497 e. The summed E-state index contributed by atoms with van der Waals surface area (Å²) in [6, 6.07) is 9.93. The number of ether oxygens (including phenoxy) is 1. The lowest BCUT2D eigenvalue weighted by molar-refractivity contribution is -0.128. The van der Waals surface area contributed by atoms with Crippen molar-refractivity contribution in [1.82, 2.24) is 19.7 Å². The summed E-state index contributed by atoms with van der Waals surface area (Å²) in [7, 11) is 1.66. The molecule has 1 N–H and O–H groups in total. The van der Waals surface area contributed by atoms with Crippen molar-refractivity contribution >= 4 is 23.8 Å². The van der Waals surface area contributed by atoms with Gasteiger partial charge in [0.2, 0.25) is 0 Å². The van der Waals surface area contributed by atoms with E-state index in [0.29, 0.717) is 25.3 Å². The molecule has 0 unspecified atom stereocenters. The van der Waals surface area contributed by atoms with E-state index in [-0.39, 0.29) is 18.0 Å². The van der Waals surface area contributed by atoms with Crippen LogP contribution < -0.4 is 10.1 Å². The Kier molecular flexibility index (Phi) is 7.53. The van der Waals surface area contributed by atoms with Crippen molar-refractivity contribution in [3.8, 4) is 5.75 Å². The van der Waals surface area contributed by atoms with Crippen LogP contribution in [0.15, 0.2) is 65.1 Å². The summed E-state index contributed by atoms with van der Waals surface area (Å²) in [6.45, 7) is 3.54. The molecule has 6 rings (SSSR count). The van der Waals surface area contributed by atoms with Crippen molar-refractivity contribution in [2.75, 3.05) is 38.6 Å². The van der Waals surface area contributed by atoms with Crippen LogP contribution in [0.3, 0.4) is 0 Å². The predicted octanol–water partition coefficient (Wildman–Crippen LogP) is 4.16. The average Bonchev–Trinajstić information content (AvgIpc) is 3.14. The third kappa shape index (κ3) is 5.46. The molecule has 0 aliphatic carbocycles. The van der Waals surface area contributed by atoms with Crippen molar-refractivity contribution in [2.24, 2.45) is 4.99 Å². The van der Waals surface area contributed by atoms with Gasteiger partial charge in [0.15, 0.2) is 0 Å². The standard InChI is InChI=1S/C31H36N6O3/c1-40-26-7-8-28-22(19-26)9-18-37(31(39)34-28)24-10-15-35(16-11-24)25-6-2-3-13-33-29(20-25)30(38)36-17-12-27-23(21-36)5-4-14-32-27/h4-8,13-14,19-20,24H,2-3,9-12,15-18,21H2,1H3,(H,34,39)/b25-6+,29-20-,33-13?. The Morgan fingerprint density at radius 1 is 1.05 bits per heavy atom. The Morgan fingerprint density at radius 2 is 1.93 bits per heavy atom. The maximum atomic E-state index is 13.5. The molecule has 9 heteroatoms. The fourth-order valence-electron chi connectivity index (χ4n) is 6.08. The molecule has 0 spiro atoms. The quantitative estimate of drug-likeness (QED) is 0.629. The number of amides is 3. The lowest BCUT2D eigenvalue weighted by atomic mass is 10.0. The number of benzene rings is 1. The fourth-order valence-corrected chi connectivity index (χ4v) is 6.08. The van der Waals surface area contributed by atoms with Gasteiger partial charge in [-0.2, -0.15) is 0 Å². The monoisotopic (exact) mass is 540 g/mol. The number of nitrogens with one attached hydrogen (secondary N) is 1. The summed E-state index contributed by atoms with van der Waals surface area (Å²) in [5.41, 5.74) is 5.69. The average molecular weight is 541 g/mol. The van der Waals surface area contributed by atoms with Crippen LogP contribution in [0.2, 0.25) is 0 Å². The first-order valence-corrected chi connectivity index (χ1v) is 14.2. The Hall–Kier alpha value is -4.14.